The number of amides is 3. The first-order valence-electron chi connectivity index (χ1n) is 12.8. The molecule has 1 rings (SSSR count). The zero-order valence-corrected chi connectivity index (χ0v) is 23.2. The Morgan fingerprint density at radius 2 is 1.51 bits per heavy atom. The molecule has 0 aromatic carbocycles. The topological polar surface area (TPSA) is 96.6 Å². The Morgan fingerprint density at radius 1 is 0.943 bits per heavy atom. The Labute approximate surface area is 217 Å². The largest absolute Gasteiger partial charge is 0.362 e. The van der Waals surface area contributed by atoms with E-state index in [-0.39, 0.29) is 0 Å². The molecule has 0 saturated carbocycles. The summed E-state index contributed by atoms with van der Waals surface area (Å²) >= 11 is 1.66. The predicted octanol–water partition coefficient (Wildman–Crippen LogP) is 6.21. The average molecular weight is 503 g/mol. The molecular weight excluding hydrogens is 456 g/mol. The van der Waals surface area contributed by atoms with E-state index in [0.29, 0.717) is 5.75 Å². The van der Waals surface area contributed by atoms with Gasteiger partial charge in [0.1, 0.15) is 6.04 Å². The number of amidine groups is 1. The maximum atomic E-state index is 12.3. The first-order chi connectivity index (χ1) is 16.7. The van der Waals surface area contributed by atoms with Crippen molar-refractivity contribution in [1.82, 2.24) is 10.6 Å². The molecule has 4 N–H and O–H groups in total. The highest BCUT2D eigenvalue weighted by atomic mass is 32.2. The van der Waals surface area contributed by atoms with Gasteiger partial charge in [0.25, 0.3) is 5.91 Å². The number of hydrogen-bond acceptors (Lipinski definition) is 5. The number of imide groups is 1. The van der Waals surface area contributed by atoms with E-state index in [1.807, 2.05) is 0 Å². The highest BCUT2D eigenvalue weighted by Gasteiger charge is 2.21. The smallest absolute Gasteiger partial charge is 0.318 e. The molecule has 0 radical (unpaired) electrons. The number of urea groups is 1. The summed E-state index contributed by atoms with van der Waals surface area (Å²) in [6, 6.07) is -1.35. The van der Waals surface area contributed by atoms with Crippen molar-refractivity contribution in [2.75, 3.05) is 18.1 Å². The van der Waals surface area contributed by atoms with Crippen molar-refractivity contribution in [3.63, 3.8) is 0 Å². The van der Waals surface area contributed by atoms with Crippen LogP contribution in [0.2, 0.25) is 0 Å². The zero-order valence-electron chi connectivity index (χ0n) is 22.4. The number of hydrogen-bond donors (Lipinski definition) is 3. The lowest BCUT2D eigenvalue weighted by Crippen LogP contribution is -2.50. The van der Waals surface area contributed by atoms with Crippen LogP contribution in [-0.2, 0) is 4.79 Å². The average Bonchev–Trinajstić information content (AvgIpc) is 3.28. The number of carbonyl (C=O) groups is 2. The SMILES string of the molecule is CC(C)=CCC/C(C)=C/CCC(C)=CCCC(C)=CCSCC(NC1=NCCC1)C(=O)NC(N)=O. The maximum Gasteiger partial charge on any atom is 0.318 e. The van der Waals surface area contributed by atoms with Crippen LogP contribution in [0.3, 0.4) is 0 Å². The summed E-state index contributed by atoms with van der Waals surface area (Å²) in [6.45, 7) is 11.7. The molecule has 0 fully saturated rings. The van der Waals surface area contributed by atoms with Gasteiger partial charge in [0.2, 0.25) is 0 Å². The van der Waals surface area contributed by atoms with E-state index in [0.717, 1.165) is 69.5 Å². The van der Waals surface area contributed by atoms with E-state index in [2.05, 4.69) is 74.5 Å². The molecule has 0 bridgehead atoms. The van der Waals surface area contributed by atoms with Crippen molar-refractivity contribution in [2.45, 2.75) is 92.0 Å². The lowest BCUT2D eigenvalue weighted by atomic mass is 10.0. The Balaban J connectivity index is 2.34. The third-order valence-corrected chi connectivity index (χ3v) is 6.74. The summed E-state index contributed by atoms with van der Waals surface area (Å²) < 4.78 is 0. The lowest BCUT2D eigenvalue weighted by molar-refractivity contribution is -0.121. The Morgan fingerprint density at radius 3 is 2.03 bits per heavy atom. The van der Waals surface area contributed by atoms with E-state index in [1.54, 1.807) is 11.8 Å². The van der Waals surface area contributed by atoms with Crippen molar-refractivity contribution in [3.8, 4) is 0 Å². The number of nitrogens with two attached hydrogens (primary N) is 1. The first-order valence-corrected chi connectivity index (χ1v) is 13.9. The fraction of sp³-hybridized carbons (Fsp3) is 0.607. The molecule has 1 heterocycles. The molecule has 1 atom stereocenters. The molecule has 196 valence electrons. The van der Waals surface area contributed by atoms with Crippen LogP contribution in [0.15, 0.2) is 51.6 Å². The summed E-state index contributed by atoms with van der Waals surface area (Å²) in [5.41, 5.74) is 10.8. The fourth-order valence-corrected chi connectivity index (χ4v) is 4.63. The summed E-state index contributed by atoms with van der Waals surface area (Å²) in [4.78, 5) is 27.7. The molecule has 6 nitrogen and oxygen atoms in total. The minimum atomic E-state index is -0.829. The van der Waals surface area contributed by atoms with Crippen LogP contribution in [-0.4, -0.2) is 41.9 Å². The molecule has 0 aliphatic carbocycles. The monoisotopic (exact) mass is 502 g/mol. The van der Waals surface area contributed by atoms with Gasteiger partial charge in [0, 0.05) is 24.5 Å². The molecular formula is C28H46N4O2S. The molecule has 0 aromatic rings. The van der Waals surface area contributed by atoms with E-state index >= 15 is 0 Å². The molecule has 3 amide bonds. The van der Waals surface area contributed by atoms with E-state index in [4.69, 9.17) is 5.73 Å². The van der Waals surface area contributed by atoms with Gasteiger partial charge in [-0.15, -0.1) is 0 Å². The van der Waals surface area contributed by atoms with Gasteiger partial charge in [-0.1, -0.05) is 46.6 Å². The van der Waals surface area contributed by atoms with Crippen molar-refractivity contribution >= 4 is 29.5 Å². The van der Waals surface area contributed by atoms with Crippen LogP contribution in [0.5, 0.6) is 0 Å². The van der Waals surface area contributed by atoms with Crippen LogP contribution in [0.25, 0.3) is 0 Å². The quantitative estimate of drug-likeness (QED) is 0.183. The Bertz CT molecular complexity index is 836. The fourth-order valence-electron chi connectivity index (χ4n) is 3.62. The maximum absolute atomic E-state index is 12.3. The normalized spacial score (nSPS) is 15.5. The number of rotatable bonds is 15. The molecule has 1 aliphatic rings. The van der Waals surface area contributed by atoms with Gasteiger partial charge < -0.3 is 11.1 Å². The standard InChI is InChI=1S/C28H46N4O2S/c1-21(2)10-6-11-22(3)12-7-13-23(4)14-8-15-24(5)17-19-35-20-25(27(33)32-28(29)34)31-26-16-9-18-30-26/h10,12,14,17,25H,6-9,11,13,15-16,18-20H2,1-5H3,(H,30,31)(H3,29,32,33,34)/b22-12+,23-14?,24-17?. The number of nitrogens with zero attached hydrogens (tertiary/aromatic N) is 1. The van der Waals surface area contributed by atoms with Crippen molar-refractivity contribution in [2.24, 2.45) is 10.7 Å². The van der Waals surface area contributed by atoms with Gasteiger partial charge in [-0.05, 0) is 79.6 Å². The van der Waals surface area contributed by atoms with Crippen molar-refractivity contribution in [1.29, 1.82) is 0 Å². The predicted molar refractivity (Wildman–Crippen MR) is 152 cm³/mol. The molecule has 7 heteroatoms. The lowest BCUT2D eigenvalue weighted by Gasteiger charge is -2.18. The van der Waals surface area contributed by atoms with E-state index in [9.17, 15) is 9.59 Å². The Kier molecular flexibility index (Phi) is 15.9. The third-order valence-electron chi connectivity index (χ3n) is 5.77. The second kappa shape index (κ2) is 18.1. The highest BCUT2D eigenvalue weighted by molar-refractivity contribution is 7.99. The number of thioether (sulfide) groups is 1. The van der Waals surface area contributed by atoms with Gasteiger partial charge >= 0.3 is 6.03 Å². The first kappa shape index (κ1) is 30.8. The van der Waals surface area contributed by atoms with Crippen molar-refractivity contribution < 1.29 is 9.59 Å². The van der Waals surface area contributed by atoms with Gasteiger partial charge in [0.15, 0.2) is 0 Å². The second-order valence-corrected chi connectivity index (χ2v) is 10.6. The van der Waals surface area contributed by atoms with Gasteiger partial charge in [-0.2, -0.15) is 11.8 Å². The molecule has 1 unspecified atom stereocenters. The zero-order chi connectivity index (χ0) is 26.1. The van der Waals surface area contributed by atoms with E-state index in [1.165, 1.54) is 22.3 Å². The molecule has 0 spiro atoms. The van der Waals surface area contributed by atoms with Crippen LogP contribution in [0.4, 0.5) is 4.79 Å². The van der Waals surface area contributed by atoms with Crippen LogP contribution >= 0.6 is 11.8 Å². The van der Waals surface area contributed by atoms with Crippen molar-refractivity contribution in [3.05, 3.63) is 46.6 Å². The van der Waals surface area contributed by atoms with Crippen LogP contribution < -0.4 is 16.4 Å². The van der Waals surface area contributed by atoms with Crippen LogP contribution in [0.1, 0.15) is 86.0 Å². The second-order valence-electron chi connectivity index (χ2n) is 9.57. The number of carbonyl (C=O) groups excluding carboxylic acids is 2. The minimum absolute atomic E-state index is 0.404. The summed E-state index contributed by atoms with van der Waals surface area (Å²) in [5.74, 6) is 1.79. The molecule has 1 aliphatic heterocycles. The molecule has 0 saturated heterocycles. The number of aliphatic imine (C=N–C) groups is 1. The van der Waals surface area contributed by atoms with Gasteiger partial charge in [0.05, 0.1) is 5.84 Å². The number of nitrogens with one attached hydrogen (secondary N) is 2. The third kappa shape index (κ3) is 16.1. The highest BCUT2D eigenvalue weighted by Crippen LogP contribution is 2.15. The molecule has 35 heavy (non-hydrogen) atoms. The summed E-state index contributed by atoms with van der Waals surface area (Å²) in [7, 11) is 0. The van der Waals surface area contributed by atoms with E-state index < -0.39 is 18.0 Å². The van der Waals surface area contributed by atoms with Gasteiger partial charge in [-0.25, -0.2) is 4.79 Å². The Hall–Kier alpha value is -2.28. The minimum Gasteiger partial charge on any atom is -0.362 e. The summed E-state index contributed by atoms with van der Waals surface area (Å²) in [5, 5.41) is 5.35. The number of allylic oxidation sites excluding steroid dienone is 7. The number of primary amides is 1. The van der Waals surface area contributed by atoms with Gasteiger partial charge in [-0.3, -0.25) is 15.1 Å². The van der Waals surface area contributed by atoms with Crippen LogP contribution in [0, 0.1) is 0 Å². The summed E-state index contributed by atoms with van der Waals surface area (Å²) in [6.07, 6.45) is 17.7. The molecule has 0 aromatic heterocycles.